The largest absolute Gasteiger partial charge is 0.396 e. The predicted octanol–water partition coefficient (Wildman–Crippen LogP) is 1.02. The van der Waals surface area contributed by atoms with Crippen LogP contribution in [-0.2, 0) is 4.74 Å². The van der Waals surface area contributed by atoms with E-state index in [1.54, 1.807) is 17.1 Å². The van der Waals surface area contributed by atoms with E-state index < -0.39 is 0 Å². The van der Waals surface area contributed by atoms with Crippen LogP contribution < -0.4 is 5.73 Å². The molecule has 11 heavy (non-hydrogen) atoms. The van der Waals surface area contributed by atoms with Crippen molar-refractivity contribution in [2.45, 2.75) is 20.1 Å². The van der Waals surface area contributed by atoms with Crippen LogP contribution in [0.25, 0.3) is 0 Å². The van der Waals surface area contributed by atoms with E-state index in [2.05, 4.69) is 5.10 Å². The molecule has 1 atom stereocenters. The first kappa shape index (κ1) is 8.07. The van der Waals surface area contributed by atoms with Crippen LogP contribution in [0.15, 0.2) is 12.4 Å². The fourth-order valence-electron chi connectivity index (χ4n) is 0.869. The molecule has 1 rings (SSSR count). The Kier molecular flexibility index (Phi) is 2.48. The van der Waals surface area contributed by atoms with Crippen molar-refractivity contribution in [3.8, 4) is 0 Å². The Balaban J connectivity index is 2.60. The smallest absolute Gasteiger partial charge is 0.147 e. The summed E-state index contributed by atoms with van der Waals surface area (Å²) in [7, 11) is 0. The first-order chi connectivity index (χ1) is 5.24. The van der Waals surface area contributed by atoms with Gasteiger partial charge in [-0.3, -0.25) is 0 Å². The van der Waals surface area contributed by atoms with Gasteiger partial charge in [0.05, 0.1) is 18.1 Å². The number of nitrogen functional groups attached to an aromatic ring is 1. The molecule has 1 aromatic heterocycles. The predicted molar refractivity (Wildman–Crippen MR) is 43.0 cm³/mol. The van der Waals surface area contributed by atoms with Gasteiger partial charge < -0.3 is 10.5 Å². The van der Waals surface area contributed by atoms with E-state index in [1.165, 1.54) is 0 Å². The minimum atomic E-state index is -0.0303. The Bertz CT molecular complexity index is 221. The number of aromatic nitrogens is 2. The second-order valence-corrected chi connectivity index (χ2v) is 2.31. The topological polar surface area (TPSA) is 53.1 Å². The van der Waals surface area contributed by atoms with Crippen LogP contribution in [0.1, 0.15) is 20.1 Å². The minimum absolute atomic E-state index is 0.0303. The second kappa shape index (κ2) is 3.39. The van der Waals surface area contributed by atoms with Gasteiger partial charge in [-0.05, 0) is 13.8 Å². The lowest BCUT2D eigenvalue weighted by Crippen LogP contribution is -2.09. The maximum Gasteiger partial charge on any atom is 0.147 e. The summed E-state index contributed by atoms with van der Waals surface area (Å²) in [5.41, 5.74) is 6.14. The number of ether oxygens (including phenoxy) is 1. The van der Waals surface area contributed by atoms with Crippen molar-refractivity contribution in [3.63, 3.8) is 0 Å². The number of nitrogens with two attached hydrogens (primary N) is 1. The summed E-state index contributed by atoms with van der Waals surface area (Å²) in [6.07, 6.45) is 3.33. The van der Waals surface area contributed by atoms with Gasteiger partial charge in [-0.15, -0.1) is 0 Å². The van der Waals surface area contributed by atoms with Crippen molar-refractivity contribution in [3.05, 3.63) is 12.4 Å². The Morgan fingerprint density at radius 1 is 1.82 bits per heavy atom. The van der Waals surface area contributed by atoms with E-state index >= 15 is 0 Å². The number of hydrogen-bond donors (Lipinski definition) is 1. The zero-order valence-electron chi connectivity index (χ0n) is 6.82. The molecule has 0 fully saturated rings. The molecule has 0 spiro atoms. The van der Waals surface area contributed by atoms with Crippen molar-refractivity contribution in [2.75, 3.05) is 12.3 Å². The molecule has 0 unspecified atom stereocenters. The molecular weight excluding hydrogens is 142 g/mol. The second-order valence-electron chi connectivity index (χ2n) is 2.31. The SMILES string of the molecule is CCO[C@@H](C)n1cc(N)cn1. The molecule has 0 aliphatic heterocycles. The molecule has 0 aliphatic carbocycles. The zero-order chi connectivity index (χ0) is 8.27. The molecule has 4 nitrogen and oxygen atoms in total. The van der Waals surface area contributed by atoms with E-state index in [0.29, 0.717) is 12.3 Å². The van der Waals surface area contributed by atoms with Crippen molar-refractivity contribution in [2.24, 2.45) is 0 Å². The highest BCUT2D eigenvalue weighted by molar-refractivity contribution is 5.30. The monoisotopic (exact) mass is 155 g/mol. The van der Waals surface area contributed by atoms with Crippen LogP contribution in [0.4, 0.5) is 5.69 Å². The van der Waals surface area contributed by atoms with E-state index in [9.17, 15) is 0 Å². The fourth-order valence-corrected chi connectivity index (χ4v) is 0.869. The molecule has 0 bridgehead atoms. The molecule has 0 saturated heterocycles. The Labute approximate surface area is 66.0 Å². The number of hydrogen-bond acceptors (Lipinski definition) is 3. The lowest BCUT2D eigenvalue weighted by molar-refractivity contribution is 0.0160. The van der Waals surface area contributed by atoms with Gasteiger partial charge in [-0.2, -0.15) is 5.10 Å². The van der Waals surface area contributed by atoms with Gasteiger partial charge in [0.25, 0.3) is 0 Å². The molecule has 4 heteroatoms. The summed E-state index contributed by atoms with van der Waals surface area (Å²) < 4.78 is 6.98. The van der Waals surface area contributed by atoms with Crippen molar-refractivity contribution in [1.82, 2.24) is 9.78 Å². The Hall–Kier alpha value is -1.03. The van der Waals surface area contributed by atoms with Gasteiger partial charge >= 0.3 is 0 Å². The summed E-state index contributed by atoms with van der Waals surface area (Å²) in [5, 5.41) is 4.00. The summed E-state index contributed by atoms with van der Waals surface area (Å²) >= 11 is 0. The van der Waals surface area contributed by atoms with Gasteiger partial charge in [0.1, 0.15) is 6.23 Å². The van der Waals surface area contributed by atoms with Crippen molar-refractivity contribution >= 4 is 5.69 Å². The third-order valence-corrected chi connectivity index (χ3v) is 1.40. The fraction of sp³-hybridized carbons (Fsp3) is 0.571. The molecule has 0 aliphatic rings. The average molecular weight is 155 g/mol. The summed E-state index contributed by atoms with van der Waals surface area (Å²) in [6, 6.07) is 0. The normalized spacial score (nSPS) is 13.3. The highest BCUT2D eigenvalue weighted by Crippen LogP contribution is 2.07. The van der Waals surface area contributed by atoms with Crippen LogP contribution in [0.2, 0.25) is 0 Å². The van der Waals surface area contributed by atoms with Crippen molar-refractivity contribution < 1.29 is 4.74 Å². The summed E-state index contributed by atoms with van der Waals surface area (Å²) in [6.45, 7) is 4.56. The lowest BCUT2D eigenvalue weighted by Gasteiger charge is -2.10. The lowest BCUT2D eigenvalue weighted by atomic mass is 10.6. The highest BCUT2D eigenvalue weighted by atomic mass is 16.5. The third kappa shape index (κ3) is 1.94. The number of nitrogens with zero attached hydrogens (tertiary/aromatic N) is 2. The average Bonchev–Trinajstić information content (AvgIpc) is 2.36. The standard InChI is InChI=1S/C7H13N3O/c1-3-11-6(2)10-5-7(8)4-9-10/h4-6H,3,8H2,1-2H3/t6-/m0/s1. The summed E-state index contributed by atoms with van der Waals surface area (Å²) in [5.74, 6) is 0. The molecular formula is C7H13N3O. The molecule has 0 saturated carbocycles. The van der Waals surface area contributed by atoms with Crippen LogP contribution in [0.5, 0.6) is 0 Å². The summed E-state index contributed by atoms with van der Waals surface area (Å²) in [4.78, 5) is 0. The molecule has 1 heterocycles. The first-order valence-electron chi connectivity index (χ1n) is 3.65. The van der Waals surface area contributed by atoms with E-state index in [0.717, 1.165) is 0 Å². The zero-order valence-corrected chi connectivity index (χ0v) is 6.82. The molecule has 0 aromatic carbocycles. The van der Waals surface area contributed by atoms with Crippen LogP contribution in [-0.4, -0.2) is 16.4 Å². The van der Waals surface area contributed by atoms with Crippen LogP contribution in [0, 0.1) is 0 Å². The maximum absolute atomic E-state index is 5.47. The molecule has 2 N–H and O–H groups in total. The Morgan fingerprint density at radius 2 is 2.55 bits per heavy atom. The Morgan fingerprint density at radius 3 is 3.00 bits per heavy atom. The molecule has 62 valence electrons. The number of anilines is 1. The van der Waals surface area contributed by atoms with E-state index in [1.807, 2.05) is 13.8 Å². The van der Waals surface area contributed by atoms with E-state index in [-0.39, 0.29) is 6.23 Å². The molecule has 0 radical (unpaired) electrons. The van der Waals surface area contributed by atoms with Crippen LogP contribution in [0.3, 0.4) is 0 Å². The maximum atomic E-state index is 5.47. The first-order valence-corrected chi connectivity index (χ1v) is 3.65. The van der Waals surface area contributed by atoms with Crippen molar-refractivity contribution in [1.29, 1.82) is 0 Å². The third-order valence-electron chi connectivity index (χ3n) is 1.40. The van der Waals surface area contributed by atoms with Crippen LogP contribution >= 0.6 is 0 Å². The van der Waals surface area contributed by atoms with Gasteiger partial charge in [0, 0.05) is 6.61 Å². The number of rotatable bonds is 3. The molecule has 1 aromatic rings. The van der Waals surface area contributed by atoms with Gasteiger partial charge in [0.2, 0.25) is 0 Å². The van der Waals surface area contributed by atoms with E-state index in [4.69, 9.17) is 10.5 Å². The van der Waals surface area contributed by atoms with Gasteiger partial charge in [-0.25, -0.2) is 4.68 Å². The molecule has 0 amide bonds. The minimum Gasteiger partial charge on any atom is -0.396 e. The quantitative estimate of drug-likeness (QED) is 0.709. The highest BCUT2D eigenvalue weighted by Gasteiger charge is 2.02. The van der Waals surface area contributed by atoms with Gasteiger partial charge in [-0.1, -0.05) is 0 Å². The van der Waals surface area contributed by atoms with Gasteiger partial charge in [0.15, 0.2) is 0 Å².